The van der Waals surface area contributed by atoms with Crippen molar-refractivity contribution in [2.24, 2.45) is 4.99 Å². The first-order valence-electron chi connectivity index (χ1n) is 7.98. The maximum Gasteiger partial charge on any atom is 0.286 e. The summed E-state index contributed by atoms with van der Waals surface area (Å²) in [6.45, 7) is 1.62. The summed E-state index contributed by atoms with van der Waals surface area (Å²) in [6.07, 6.45) is 1.60. The maximum atomic E-state index is 12.0. The molecule has 0 aliphatic carbocycles. The van der Waals surface area contributed by atoms with Crippen molar-refractivity contribution in [3.05, 3.63) is 67.5 Å². The molecule has 1 heterocycles. The van der Waals surface area contributed by atoms with Gasteiger partial charge in [0.05, 0.1) is 15.0 Å². The van der Waals surface area contributed by atoms with Gasteiger partial charge in [0.2, 0.25) is 5.91 Å². The third-order valence-electron chi connectivity index (χ3n) is 3.52. The van der Waals surface area contributed by atoms with E-state index in [9.17, 15) is 9.59 Å². The van der Waals surface area contributed by atoms with E-state index in [-0.39, 0.29) is 17.7 Å². The average Bonchev–Trinajstić information content (AvgIpc) is 2.94. The second kappa shape index (κ2) is 9.01. The SMILES string of the molecule is CC(=O)NC1=NC(=O)C(=Cc2cc(Cl)c(OCc3ccc(Cl)cc3)c(Cl)c2)S1. The Hall–Kier alpha value is -1.99. The molecule has 0 radical (unpaired) electrons. The number of ether oxygens (including phenoxy) is 1. The number of benzene rings is 2. The molecule has 9 heteroatoms. The molecule has 28 heavy (non-hydrogen) atoms. The summed E-state index contributed by atoms with van der Waals surface area (Å²) in [5.74, 6) is -0.390. The number of hydrogen-bond donors (Lipinski definition) is 1. The Morgan fingerprint density at radius 2 is 1.82 bits per heavy atom. The summed E-state index contributed by atoms with van der Waals surface area (Å²) >= 11 is 19.6. The fraction of sp³-hybridized carbons (Fsp3) is 0.105. The average molecular weight is 456 g/mol. The highest BCUT2D eigenvalue weighted by Gasteiger charge is 2.22. The lowest BCUT2D eigenvalue weighted by Gasteiger charge is -2.11. The highest BCUT2D eigenvalue weighted by Crippen LogP contribution is 2.36. The van der Waals surface area contributed by atoms with Crippen LogP contribution in [0, 0.1) is 0 Å². The van der Waals surface area contributed by atoms with Gasteiger partial charge in [-0.05, 0) is 53.2 Å². The van der Waals surface area contributed by atoms with E-state index in [2.05, 4.69) is 10.3 Å². The first kappa shape index (κ1) is 20.7. The summed E-state index contributed by atoms with van der Waals surface area (Å²) in [7, 11) is 0. The van der Waals surface area contributed by atoms with Gasteiger partial charge in [0.1, 0.15) is 6.61 Å². The molecule has 0 aromatic heterocycles. The topological polar surface area (TPSA) is 67.8 Å². The Labute approximate surface area is 180 Å². The molecular formula is C19H13Cl3N2O3S. The Bertz CT molecular complexity index is 981. The van der Waals surface area contributed by atoms with Gasteiger partial charge in [-0.1, -0.05) is 46.9 Å². The Kier molecular flexibility index (Phi) is 6.67. The number of rotatable bonds is 4. The van der Waals surface area contributed by atoms with E-state index in [1.165, 1.54) is 6.92 Å². The number of nitrogens with one attached hydrogen (secondary N) is 1. The van der Waals surface area contributed by atoms with E-state index in [1.807, 2.05) is 12.1 Å². The van der Waals surface area contributed by atoms with Crippen molar-refractivity contribution >= 4 is 69.6 Å². The third kappa shape index (κ3) is 5.29. The van der Waals surface area contributed by atoms with Crippen LogP contribution in [0.15, 0.2) is 46.3 Å². The van der Waals surface area contributed by atoms with Crippen LogP contribution in [0.3, 0.4) is 0 Å². The molecule has 2 aromatic carbocycles. The highest BCUT2D eigenvalue weighted by atomic mass is 35.5. The number of carbonyl (C=O) groups is 2. The second-order valence-electron chi connectivity index (χ2n) is 5.74. The lowest BCUT2D eigenvalue weighted by atomic mass is 10.2. The van der Waals surface area contributed by atoms with Gasteiger partial charge in [0, 0.05) is 11.9 Å². The van der Waals surface area contributed by atoms with Gasteiger partial charge in [0.15, 0.2) is 10.9 Å². The van der Waals surface area contributed by atoms with Crippen molar-refractivity contribution in [3.8, 4) is 5.75 Å². The van der Waals surface area contributed by atoms with Crippen molar-refractivity contribution < 1.29 is 14.3 Å². The summed E-state index contributed by atoms with van der Waals surface area (Å²) in [4.78, 5) is 27.2. The van der Waals surface area contributed by atoms with Gasteiger partial charge < -0.3 is 10.1 Å². The number of nitrogens with zero attached hydrogens (tertiary/aromatic N) is 1. The number of amides is 2. The van der Waals surface area contributed by atoms with Gasteiger partial charge in [-0.25, -0.2) is 0 Å². The minimum absolute atomic E-state index is 0.240. The maximum absolute atomic E-state index is 12.0. The van der Waals surface area contributed by atoms with E-state index in [0.717, 1.165) is 17.3 Å². The van der Waals surface area contributed by atoms with Gasteiger partial charge in [-0.2, -0.15) is 4.99 Å². The van der Waals surface area contributed by atoms with E-state index in [0.29, 0.717) is 31.3 Å². The number of aliphatic imine (C=N–C) groups is 1. The molecule has 2 aromatic rings. The van der Waals surface area contributed by atoms with Gasteiger partial charge >= 0.3 is 0 Å². The van der Waals surface area contributed by atoms with Crippen LogP contribution >= 0.6 is 46.6 Å². The number of thioether (sulfide) groups is 1. The number of halogens is 3. The third-order valence-corrected chi connectivity index (χ3v) is 5.23. The summed E-state index contributed by atoms with van der Waals surface area (Å²) in [5.41, 5.74) is 1.53. The van der Waals surface area contributed by atoms with Crippen LogP contribution in [0.4, 0.5) is 0 Å². The Morgan fingerprint density at radius 3 is 2.43 bits per heavy atom. The summed E-state index contributed by atoms with van der Waals surface area (Å²) < 4.78 is 5.73. The van der Waals surface area contributed by atoms with E-state index >= 15 is 0 Å². The predicted molar refractivity (Wildman–Crippen MR) is 114 cm³/mol. The molecule has 1 N–H and O–H groups in total. The van der Waals surface area contributed by atoms with Crippen LogP contribution in [-0.4, -0.2) is 17.0 Å². The van der Waals surface area contributed by atoms with Crippen molar-refractivity contribution in [2.45, 2.75) is 13.5 Å². The highest BCUT2D eigenvalue weighted by molar-refractivity contribution is 8.18. The van der Waals surface area contributed by atoms with Crippen LogP contribution < -0.4 is 10.1 Å². The molecule has 2 amide bonds. The van der Waals surface area contributed by atoms with E-state index in [4.69, 9.17) is 39.5 Å². The fourth-order valence-electron chi connectivity index (χ4n) is 2.30. The summed E-state index contributed by atoms with van der Waals surface area (Å²) in [5, 5.41) is 3.99. The zero-order valence-corrected chi connectivity index (χ0v) is 17.5. The zero-order chi connectivity index (χ0) is 20.3. The first-order valence-corrected chi connectivity index (χ1v) is 9.93. The molecule has 0 saturated heterocycles. The van der Waals surface area contributed by atoms with E-state index in [1.54, 1.807) is 30.3 Å². The molecule has 1 aliphatic heterocycles. The fourth-order valence-corrected chi connectivity index (χ4v) is 3.90. The number of amidine groups is 1. The van der Waals surface area contributed by atoms with Gasteiger partial charge in [-0.15, -0.1) is 0 Å². The second-order valence-corrected chi connectivity index (χ2v) is 8.02. The van der Waals surface area contributed by atoms with Crippen LogP contribution in [0.2, 0.25) is 15.1 Å². The molecular weight excluding hydrogens is 443 g/mol. The lowest BCUT2D eigenvalue weighted by Crippen LogP contribution is -2.23. The monoisotopic (exact) mass is 454 g/mol. The van der Waals surface area contributed by atoms with Gasteiger partial charge in [-0.3, -0.25) is 9.59 Å². The van der Waals surface area contributed by atoms with E-state index < -0.39 is 5.91 Å². The molecule has 0 unspecified atom stereocenters. The molecule has 0 atom stereocenters. The van der Waals surface area contributed by atoms with Crippen LogP contribution in [0.25, 0.3) is 6.08 Å². The molecule has 144 valence electrons. The van der Waals surface area contributed by atoms with Crippen LogP contribution in [-0.2, 0) is 16.2 Å². The molecule has 5 nitrogen and oxygen atoms in total. The van der Waals surface area contributed by atoms with Crippen LogP contribution in [0.5, 0.6) is 5.75 Å². The minimum Gasteiger partial charge on any atom is -0.486 e. The lowest BCUT2D eigenvalue weighted by molar-refractivity contribution is -0.117. The quantitative estimate of drug-likeness (QED) is 0.633. The molecule has 0 bridgehead atoms. The Balaban J connectivity index is 1.74. The number of hydrogen-bond acceptors (Lipinski definition) is 4. The zero-order valence-electron chi connectivity index (χ0n) is 14.5. The molecule has 0 spiro atoms. The first-order chi connectivity index (χ1) is 13.3. The van der Waals surface area contributed by atoms with Crippen LogP contribution in [0.1, 0.15) is 18.1 Å². The normalized spacial score (nSPS) is 14.9. The molecule has 3 rings (SSSR count). The standard InChI is InChI=1S/C19H13Cl3N2O3S/c1-10(25)23-19-24-18(26)16(28-19)8-12-6-14(21)17(15(22)7-12)27-9-11-2-4-13(20)5-3-11/h2-8H,9H2,1H3,(H,23,24,25,26). The van der Waals surface area contributed by atoms with Gasteiger partial charge in [0.25, 0.3) is 5.91 Å². The predicted octanol–water partition coefficient (Wildman–Crippen LogP) is 5.33. The molecule has 0 fully saturated rings. The largest absolute Gasteiger partial charge is 0.486 e. The van der Waals surface area contributed by atoms with Crippen molar-refractivity contribution in [2.75, 3.05) is 0 Å². The number of carbonyl (C=O) groups excluding carboxylic acids is 2. The molecule has 1 aliphatic rings. The van der Waals surface area contributed by atoms with Crippen molar-refractivity contribution in [1.29, 1.82) is 0 Å². The molecule has 0 saturated carbocycles. The minimum atomic E-state index is -0.441. The smallest absolute Gasteiger partial charge is 0.286 e. The summed E-state index contributed by atoms with van der Waals surface area (Å²) in [6, 6.07) is 10.5. The van der Waals surface area contributed by atoms with Crippen molar-refractivity contribution in [1.82, 2.24) is 5.32 Å². The van der Waals surface area contributed by atoms with Crippen molar-refractivity contribution in [3.63, 3.8) is 0 Å². The Morgan fingerprint density at radius 1 is 1.18 bits per heavy atom.